The van der Waals surface area contributed by atoms with E-state index in [4.69, 9.17) is 16.4 Å². The number of aromatic amines is 1. The van der Waals surface area contributed by atoms with E-state index >= 15 is 0 Å². The van der Waals surface area contributed by atoms with E-state index in [0.717, 1.165) is 10.0 Å². The fourth-order valence-electron chi connectivity index (χ4n) is 1.39. The Labute approximate surface area is 131 Å². The van der Waals surface area contributed by atoms with Crippen molar-refractivity contribution >= 4 is 49.4 Å². The lowest BCUT2D eigenvalue weighted by Gasteiger charge is -2.05. The Morgan fingerprint density at radius 3 is 2.79 bits per heavy atom. The van der Waals surface area contributed by atoms with Gasteiger partial charge in [0.25, 0.3) is 5.91 Å². The maximum absolute atomic E-state index is 11.7. The second-order valence-corrected chi connectivity index (χ2v) is 5.78. The molecule has 0 atom stereocenters. The summed E-state index contributed by atoms with van der Waals surface area (Å²) in [5.41, 5.74) is 3.62. The first-order valence-corrected chi connectivity index (χ1v) is 7.23. The van der Waals surface area contributed by atoms with Gasteiger partial charge in [-0.2, -0.15) is 0 Å². The molecule has 0 bridgehead atoms. The molecule has 0 spiro atoms. The number of H-pyrrole nitrogens is 1. The Morgan fingerprint density at radius 1 is 1.37 bits per heavy atom. The minimum atomic E-state index is -0.353. The Kier molecular flexibility index (Phi) is 5.04. The van der Waals surface area contributed by atoms with Crippen molar-refractivity contribution in [3.05, 3.63) is 55.7 Å². The van der Waals surface area contributed by atoms with Crippen molar-refractivity contribution in [3.63, 3.8) is 0 Å². The van der Waals surface area contributed by atoms with Crippen LogP contribution in [0, 0.1) is 0 Å². The van der Waals surface area contributed by atoms with Crippen LogP contribution in [0.15, 0.2) is 39.4 Å². The van der Waals surface area contributed by atoms with Gasteiger partial charge < -0.3 is 4.98 Å². The Morgan fingerprint density at radius 2 is 2.16 bits per heavy atom. The molecule has 1 aromatic heterocycles. The normalized spacial score (nSPS) is 10.5. The summed E-state index contributed by atoms with van der Waals surface area (Å²) in [4.78, 5) is 19.7. The monoisotopic (exact) mass is 406 g/mol. The fourth-order valence-corrected chi connectivity index (χ4v) is 2.26. The molecule has 4 nitrogen and oxygen atoms in total. The van der Waals surface area contributed by atoms with Gasteiger partial charge in [0, 0.05) is 5.02 Å². The number of carbonyl (C=O) groups is 1. The smallest absolute Gasteiger partial charge is 0.291 e. The highest BCUT2D eigenvalue weighted by molar-refractivity contribution is 9.13. The third-order valence-electron chi connectivity index (χ3n) is 2.26. The maximum atomic E-state index is 11.7. The van der Waals surface area contributed by atoms with Crippen LogP contribution in [-0.4, -0.2) is 10.9 Å². The summed E-state index contributed by atoms with van der Waals surface area (Å²) < 4.78 is 1.47. The van der Waals surface area contributed by atoms with Gasteiger partial charge in [0.2, 0.25) is 0 Å². The first-order chi connectivity index (χ1) is 9.06. The van der Waals surface area contributed by atoms with Crippen molar-refractivity contribution < 1.29 is 9.63 Å². The molecule has 2 aromatic rings. The summed E-state index contributed by atoms with van der Waals surface area (Å²) >= 11 is 12.4. The van der Waals surface area contributed by atoms with E-state index in [1.54, 1.807) is 18.2 Å². The van der Waals surface area contributed by atoms with Crippen molar-refractivity contribution in [2.75, 3.05) is 0 Å². The largest absolute Gasteiger partial charge is 0.344 e. The van der Waals surface area contributed by atoms with Gasteiger partial charge in [0.15, 0.2) is 0 Å². The van der Waals surface area contributed by atoms with Crippen LogP contribution in [0.25, 0.3) is 0 Å². The zero-order valence-electron chi connectivity index (χ0n) is 9.54. The van der Waals surface area contributed by atoms with Crippen molar-refractivity contribution in [1.82, 2.24) is 10.5 Å². The second-order valence-electron chi connectivity index (χ2n) is 3.69. The SMILES string of the molecule is O=C(NOCc1cccc(Cl)c1)c1cc(Br)c(Br)[nH]1. The standard InChI is InChI=1S/C12H9Br2ClN2O2/c13-9-5-10(16-11(9)14)12(18)17-19-6-7-2-1-3-8(15)4-7/h1-5,16H,6H2,(H,17,18). The van der Waals surface area contributed by atoms with Crippen LogP contribution < -0.4 is 5.48 Å². The molecule has 0 aliphatic carbocycles. The predicted octanol–water partition coefficient (Wildman–Crippen LogP) is 4.05. The van der Waals surface area contributed by atoms with E-state index in [2.05, 4.69) is 42.3 Å². The summed E-state index contributed by atoms with van der Waals surface area (Å²) in [6.45, 7) is 0.245. The van der Waals surface area contributed by atoms with E-state index in [0.29, 0.717) is 15.3 Å². The molecule has 1 amide bonds. The maximum Gasteiger partial charge on any atom is 0.291 e. The Bertz CT molecular complexity index is 582. The van der Waals surface area contributed by atoms with E-state index in [9.17, 15) is 4.79 Å². The van der Waals surface area contributed by atoms with Crippen LogP contribution in [0.4, 0.5) is 0 Å². The van der Waals surface area contributed by atoms with Crippen LogP contribution in [-0.2, 0) is 11.4 Å². The minimum Gasteiger partial charge on any atom is -0.344 e. The molecule has 1 aromatic carbocycles. The van der Waals surface area contributed by atoms with Crippen molar-refractivity contribution in [2.45, 2.75) is 6.61 Å². The fraction of sp³-hybridized carbons (Fsp3) is 0.0833. The van der Waals surface area contributed by atoms with Gasteiger partial charge in [0.05, 0.1) is 15.7 Å². The number of carbonyl (C=O) groups excluding carboxylic acids is 1. The third-order valence-corrected chi connectivity index (χ3v) is 4.28. The topological polar surface area (TPSA) is 54.1 Å². The Hall–Kier alpha value is -0.820. The molecule has 0 unspecified atom stereocenters. The first kappa shape index (κ1) is 14.6. The van der Waals surface area contributed by atoms with Crippen molar-refractivity contribution in [2.24, 2.45) is 0 Å². The second kappa shape index (κ2) is 6.56. The quantitative estimate of drug-likeness (QED) is 0.750. The number of aromatic nitrogens is 1. The lowest BCUT2D eigenvalue weighted by molar-refractivity contribution is 0.0230. The highest BCUT2D eigenvalue weighted by Crippen LogP contribution is 2.22. The molecule has 19 heavy (non-hydrogen) atoms. The van der Waals surface area contributed by atoms with E-state index < -0.39 is 0 Å². The molecule has 0 fully saturated rings. The zero-order chi connectivity index (χ0) is 13.8. The molecule has 2 rings (SSSR count). The molecule has 0 radical (unpaired) electrons. The summed E-state index contributed by atoms with van der Waals surface area (Å²) in [7, 11) is 0. The summed E-state index contributed by atoms with van der Waals surface area (Å²) in [5.74, 6) is -0.353. The number of halogens is 3. The summed E-state index contributed by atoms with van der Waals surface area (Å²) in [5, 5.41) is 0.629. The van der Waals surface area contributed by atoms with E-state index in [-0.39, 0.29) is 12.5 Å². The average molecular weight is 408 g/mol. The molecule has 2 N–H and O–H groups in total. The minimum absolute atomic E-state index is 0.245. The molecule has 1 heterocycles. The van der Waals surface area contributed by atoms with Crippen LogP contribution in [0.3, 0.4) is 0 Å². The van der Waals surface area contributed by atoms with Crippen LogP contribution in [0.1, 0.15) is 16.1 Å². The van der Waals surface area contributed by atoms with E-state index in [1.807, 2.05) is 12.1 Å². The highest BCUT2D eigenvalue weighted by atomic mass is 79.9. The van der Waals surface area contributed by atoms with Gasteiger partial charge in [-0.25, -0.2) is 5.48 Å². The van der Waals surface area contributed by atoms with Crippen LogP contribution in [0.5, 0.6) is 0 Å². The van der Waals surface area contributed by atoms with Gasteiger partial charge in [-0.15, -0.1) is 0 Å². The van der Waals surface area contributed by atoms with Gasteiger partial charge in [-0.1, -0.05) is 23.7 Å². The predicted molar refractivity (Wildman–Crippen MR) is 79.9 cm³/mol. The molecular formula is C12H9Br2ClN2O2. The molecule has 0 saturated carbocycles. The van der Waals surface area contributed by atoms with Gasteiger partial charge in [-0.3, -0.25) is 9.63 Å². The van der Waals surface area contributed by atoms with Crippen LogP contribution in [0.2, 0.25) is 5.02 Å². The number of hydrogen-bond acceptors (Lipinski definition) is 2. The molecule has 7 heteroatoms. The van der Waals surface area contributed by atoms with Gasteiger partial charge in [-0.05, 0) is 55.6 Å². The molecule has 100 valence electrons. The number of hydrogen-bond donors (Lipinski definition) is 2. The number of amides is 1. The highest BCUT2D eigenvalue weighted by Gasteiger charge is 2.10. The third kappa shape index (κ3) is 4.07. The lowest BCUT2D eigenvalue weighted by atomic mass is 10.2. The van der Waals surface area contributed by atoms with Crippen molar-refractivity contribution in [1.29, 1.82) is 0 Å². The number of rotatable bonds is 4. The van der Waals surface area contributed by atoms with Gasteiger partial charge >= 0.3 is 0 Å². The molecular weight excluding hydrogens is 399 g/mol. The zero-order valence-corrected chi connectivity index (χ0v) is 13.5. The van der Waals surface area contributed by atoms with Crippen molar-refractivity contribution in [3.8, 4) is 0 Å². The van der Waals surface area contributed by atoms with Gasteiger partial charge in [0.1, 0.15) is 5.69 Å². The van der Waals surface area contributed by atoms with Crippen LogP contribution >= 0.6 is 43.5 Å². The number of hydroxylamine groups is 1. The number of nitrogens with one attached hydrogen (secondary N) is 2. The summed E-state index contributed by atoms with van der Waals surface area (Å²) in [6, 6.07) is 8.89. The lowest BCUT2D eigenvalue weighted by Crippen LogP contribution is -2.23. The molecule has 0 aliphatic heterocycles. The first-order valence-electron chi connectivity index (χ1n) is 5.27. The Balaban J connectivity index is 1.87. The van der Waals surface area contributed by atoms with E-state index in [1.165, 1.54) is 0 Å². The molecule has 0 saturated heterocycles. The number of benzene rings is 1. The average Bonchev–Trinajstić information content (AvgIpc) is 2.70. The summed E-state index contributed by atoms with van der Waals surface area (Å²) in [6.07, 6.45) is 0. The molecule has 0 aliphatic rings.